The van der Waals surface area contributed by atoms with Crippen molar-refractivity contribution in [3.63, 3.8) is 0 Å². The molecule has 2 saturated heterocycles. The summed E-state index contributed by atoms with van der Waals surface area (Å²) in [6.07, 6.45) is 6.75. The van der Waals surface area contributed by atoms with E-state index in [2.05, 4.69) is 4.58 Å². The van der Waals surface area contributed by atoms with E-state index >= 15 is 0 Å². The van der Waals surface area contributed by atoms with Crippen LogP contribution in [0.15, 0.2) is 0 Å². The van der Waals surface area contributed by atoms with Gasteiger partial charge in [-0.3, -0.25) is 9.59 Å². The Hall–Kier alpha value is -1.39. The lowest BCUT2D eigenvalue weighted by Crippen LogP contribution is -2.43. The first kappa shape index (κ1) is 15.2. The summed E-state index contributed by atoms with van der Waals surface area (Å²) < 4.78 is 14.0. The maximum absolute atomic E-state index is 12.0. The molecule has 5 heteroatoms. The fourth-order valence-corrected chi connectivity index (χ4v) is 5.03. The fourth-order valence-electron chi connectivity index (χ4n) is 5.03. The molecule has 0 radical (unpaired) electrons. The molecule has 0 aromatic carbocycles. The molecular formula is C18H26NO4+. The SMILES string of the molecule is C[C@@H]1C[C@]2(CCCC[N+]3=C2CC[C@H]3[C@@H]2C[C@H](C)C(=O)O2)OC1=O. The highest BCUT2D eigenvalue weighted by Gasteiger charge is 2.57. The third-order valence-corrected chi connectivity index (χ3v) is 6.20. The van der Waals surface area contributed by atoms with Crippen molar-refractivity contribution in [2.75, 3.05) is 6.54 Å². The number of hydrogen-bond donors (Lipinski definition) is 0. The highest BCUT2D eigenvalue weighted by atomic mass is 16.6. The second-order valence-corrected chi connectivity index (χ2v) is 7.84. The number of cyclic esters (lactones) is 1. The first-order valence-corrected chi connectivity index (χ1v) is 9.06. The van der Waals surface area contributed by atoms with Crippen LogP contribution in [0, 0.1) is 11.8 Å². The number of carbonyl (C=O) groups excluding carboxylic acids is 2. The second kappa shape index (κ2) is 5.32. The van der Waals surface area contributed by atoms with Gasteiger partial charge in [0.25, 0.3) is 0 Å². The predicted octanol–water partition coefficient (Wildman–Crippen LogP) is 2.06. The van der Waals surface area contributed by atoms with Crippen LogP contribution in [0.2, 0.25) is 0 Å². The number of esters is 2. The van der Waals surface area contributed by atoms with Crippen molar-refractivity contribution >= 4 is 17.7 Å². The first-order valence-electron chi connectivity index (χ1n) is 9.06. The fraction of sp³-hybridized carbons (Fsp3) is 0.833. The molecule has 0 aromatic heterocycles. The topological polar surface area (TPSA) is 55.6 Å². The zero-order valence-corrected chi connectivity index (χ0v) is 14.0. The third-order valence-electron chi connectivity index (χ3n) is 6.20. The molecule has 0 saturated carbocycles. The van der Waals surface area contributed by atoms with Crippen LogP contribution in [0.4, 0.5) is 0 Å². The Balaban J connectivity index is 1.66. The highest BCUT2D eigenvalue weighted by Crippen LogP contribution is 2.42. The van der Waals surface area contributed by atoms with E-state index in [0.29, 0.717) is 0 Å². The minimum Gasteiger partial charge on any atom is -0.455 e. The van der Waals surface area contributed by atoms with Gasteiger partial charge in [0.05, 0.1) is 11.8 Å². The molecule has 4 heterocycles. The largest absolute Gasteiger partial charge is 0.455 e. The van der Waals surface area contributed by atoms with Crippen LogP contribution in [-0.2, 0) is 19.1 Å². The Morgan fingerprint density at radius 2 is 1.96 bits per heavy atom. The molecule has 1 spiro atoms. The maximum Gasteiger partial charge on any atom is 0.309 e. The number of carbonyl (C=O) groups is 2. The Bertz CT molecular complexity index is 584. The number of fused-ring (bicyclic) bond motifs is 1. The monoisotopic (exact) mass is 320 g/mol. The lowest BCUT2D eigenvalue weighted by molar-refractivity contribution is -0.569. The summed E-state index contributed by atoms with van der Waals surface area (Å²) in [5.41, 5.74) is 0.920. The van der Waals surface area contributed by atoms with Crippen LogP contribution < -0.4 is 0 Å². The molecule has 0 aromatic rings. The predicted molar refractivity (Wildman–Crippen MR) is 83.3 cm³/mol. The molecule has 4 aliphatic rings. The van der Waals surface area contributed by atoms with E-state index < -0.39 is 0 Å². The van der Waals surface area contributed by atoms with Gasteiger partial charge in [0.2, 0.25) is 0 Å². The molecule has 126 valence electrons. The molecule has 0 unspecified atom stereocenters. The third kappa shape index (κ3) is 2.31. The summed E-state index contributed by atoms with van der Waals surface area (Å²) in [7, 11) is 0. The maximum atomic E-state index is 12.0. The summed E-state index contributed by atoms with van der Waals surface area (Å²) in [6.45, 7) is 4.92. The average molecular weight is 320 g/mol. The average Bonchev–Trinajstić information content (AvgIpc) is 3.11. The van der Waals surface area contributed by atoms with Gasteiger partial charge in [0, 0.05) is 32.1 Å². The Morgan fingerprint density at radius 3 is 2.61 bits per heavy atom. The normalized spacial score (nSPS) is 43.6. The molecule has 4 aliphatic heterocycles. The van der Waals surface area contributed by atoms with Gasteiger partial charge in [-0.1, -0.05) is 13.8 Å². The van der Waals surface area contributed by atoms with E-state index in [1.165, 1.54) is 5.71 Å². The van der Waals surface area contributed by atoms with E-state index in [9.17, 15) is 9.59 Å². The number of hydrogen-bond acceptors (Lipinski definition) is 4. The Morgan fingerprint density at radius 1 is 1.13 bits per heavy atom. The molecule has 4 rings (SSSR count). The molecule has 2 fully saturated rings. The summed E-state index contributed by atoms with van der Waals surface area (Å²) >= 11 is 0. The van der Waals surface area contributed by atoms with Crippen molar-refractivity contribution < 1.29 is 23.6 Å². The Labute approximate surface area is 137 Å². The van der Waals surface area contributed by atoms with Crippen molar-refractivity contribution in [2.24, 2.45) is 11.8 Å². The van der Waals surface area contributed by atoms with Crippen molar-refractivity contribution in [3.05, 3.63) is 0 Å². The van der Waals surface area contributed by atoms with E-state index in [0.717, 1.165) is 51.5 Å². The second-order valence-electron chi connectivity index (χ2n) is 7.84. The summed E-state index contributed by atoms with van der Waals surface area (Å²) in [4.78, 5) is 23.8. The standard InChI is InChI=1S/C18H26NO4/c1-11-9-14(22-16(11)20)13-5-6-15-18(7-3-4-8-19(13)15)10-12(2)17(21)23-18/h11-14H,3-10H2,1-2H3/q+1/t11-,12+,13-,14-,18-/m0/s1. The number of ether oxygens (including phenoxy) is 2. The van der Waals surface area contributed by atoms with Crippen molar-refractivity contribution in [1.29, 1.82) is 0 Å². The van der Waals surface area contributed by atoms with Crippen LogP contribution in [0.25, 0.3) is 0 Å². The molecular weight excluding hydrogens is 294 g/mol. The lowest BCUT2D eigenvalue weighted by Gasteiger charge is -2.24. The smallest absolute Gasteiger partial charge is 0.309 e. The quantitative estimate of drug-likeness (QED) is 0.548. The van der Waals surface area contributed by atoms with Crippen molar-refractivity contribution in [3.8, 4) is 0 Å². The molecule has 5 nitrogen and oxygen atoms in total. The van der Waals surface area contributed by atoms with Gasteiger partial charge in [0.15, 0.2) is 23.5 Å². The van der Waals surface area contributed by atoms with Gasteiger partial charge in [0.1, 0.15) is 6.54 Å². The molecule has 23 heavy (non-hydrogen) atoms. The summed E-state index contributed by atoms with van der Waals surface area (Å²) in [5.74, 6) is -0.113. The van der Waals surface area contributed by atoms with Gasteiger partial charge in [-0.05, 0) is 12.8 Å². The van der Waals surface area contributed by atoms with E-state index in [-0.39, 0.29) is 41.5 Å². The van der Waals surface area contributed by atoms with E-state index in [4.69, 9.17) is 9.47 Å². The number of nitrogens with zero attached hydrogens (tertiary/aromatic N) is 1. The minimum atomic E-state index is -0.379. The summed E-state index contributed by atoms with van der Waals surface area (Å²) in [6, 6.07) is 0.267. The van der Waals surface area contributed by atoms with Crippen LogP contribution in [0.5, 0.6) is 0 Å². The number of rotatable bonds is 1. The van der Waals surface area contributed by atoms with Gasteiger partial charge in [-0.2, -0.15) is 0 Å². The molecule has 0 amide bonds. The minimum absolute atomic E-state index is 0.000298. The first-order chi connectivity index (χ1) is 11.0. The molecule has 5 atom stereocenters. The molecule has 0 aliphatic carbocycles. The van der Waals surface area contributed by atoms with Crippen LogP contribution in [0.3, 0.4) is 0 Å². The molecule has 0 N–H and O–H groups in total. The summed E-state index contributed by atoms with van der Waals surface area (Å²) in [5, 5.41) is 0. The van der Waals surface area contributed by atoms with Crippen LogP contribution >= 0.6 is 0 Å². The molecule has 0 bridgehead atoms. The van der Waals surface area contributed by atoms with Crippen molar-refractivity contribution in [2.45, 2.75) is 76.5 Å². The van der Waals surface area contributed by atoms with Gasteiger partial charge in [-0.25, -0.2) is 4.58 Å². The highest BCUT2D eigenvalue weighted by molar-refractivity contribution is 5.94. The zero-order valence-electron chi connectivity index (χ0n) is 14.0. The zero-order chi connectivity index (χ0) is 16.2. The Kier molecular flexibility index (Phi) is 3.50. The van der Waals surface area contributed by atoms with Gasteiger partial charge < -0.3 is 9.47 Å². The van der Waals surface area contributed by atoms with Crippen molar-refractivity contribution in [1.82, 2.24) is 0 Å². The van der Waals surface area contributed by atoms with Crippen LogP contribution in [0.1, 0.15) is 58.8 Å². The van der Waals surface area contributed by atoms with Gasteiger partial charge >= 0.3 is 11.9 Å². The van der Waals surface area contributed by atoms with Gasteiger partial charge in [-0.15, -0.1) is 0 Å². The lowest BCUT2D eigenvalue weighted by atomic mass is 9.85. The van der Waals surface area contributed by atoms with Crippen LogP contribution in [-0.4, -0.2) is 46.5 Å². The van der Waals surface area contributed by atoms with E-state index in [1.54, 1.807) is 0 Å². The van der Waals surface area contributed by atoms with E-state index in [1.807, 2.05) is 13.8 Å².